The molecule has 1 fully saturated rings. The molecule has 0 aromatic heterocycles. The van der Waals surface area contributed by atoms with Crippen molar-refractivity contribution in [3.05, 3.63) is 35.9 Å². The zero-order chi connectivity index (χ0) is 24.8. The van der Waals surface area contributed by atoms with Crippen molar-refractivity contribution in [2.24, 2.45) is 0 Å². The van der Waals surface area contributed by atoms with E-state index in [-0.39, 0.29) is 0 Å². The van der Waals surface area contributed by atoms with Crippen molar-refractivity contribution in [3.63, 3.8) is 0 Å². The minimum atomic E-state index is 0.817. The van der Waals surface area contributed by atoms with Crippen LogP contribution >= 0.6 is 0 Å². The number of benzene rings is 1. The molecular formula is C34H61N. The summed E-state index contributed by atoms with van der Waals surface area (Å²) in [6.45, 7) is 5.80. The Morgan fingerprint density at radius 1 is 0.543 bits per heavy atom. The molecule has 0 amide bonds. The van der Waals surface area contributed by atoms with Gasteiger partial charge in [0.1, 0.15) is 0 Å². The van der Waals surface area contributed by atoms with Gasteiger partial charge in [0.2, 0.25) is 0 Å². The number of likely N-dealkylation sites (tertiary alicyclic amines) is 1. The molecule has 0 aliphatic carbocycles. The van der Waals surface area contributed by atoms with Crippen molar-refractivity contribution in [1.82, 2.24) is 4.90 Å². The highest BCUT2D eigenvalue weighted by Gasteiger charge is 2.29. The van der Waals surface area contributed by atoms with Gasteiger partial charge in [-0.05, 0) is 31.2 Å². The first kappa shape index (κ1) is 30.4. The van der Waals surface area contributed by atoms with E-state index in [1.165, 1.54) is 160 Å². The van der Waals surface area contributed by atoms with Gasteiger partial charge in [0, 0.05) is 18.6 Å². The molecule has 2 rings (SSSR count). The van der Waals surface area contributed by atoms with Gasteiger partial charge in [-0.1, -0.05) is 166 Å². The molecule has 1 nitrogen and oxygen atoms in total. The first-order valence-corrected chi connectivity index (χ1v) is 16.1. The highest BCUT2D eigenvalue weighted by molar-refractivity contribution is 5.15. The fourth-order valence-electron chi connectivity index (χ4n) is 6.27. The normalized spacial score (nSPS) is 18.8. The summed E-state index contributed by atoms with van der Waals surface area (Å²) < 4.78 is 0. The zero-order valence-corrected chi connectivity index (χ0v) is 24.0. The van der Waals surface area contributed by atoms with Crippen LogP contribution in [0.3, 0.4) is 0 Å². The summed E-state index contributed by atoms with van der Waals surface area (Å²) in [5.41, 5.74) is 1.52. The Kier molecular flexibility index (Phi) is 18.5. The number of nitrogens with zero attached hydrogens (tertiary/aromatic N) is 1. The zero-order valence-electron chi connectivity index (χ0n) is 24.0. The van der Waals surface area contributed by atoms with Crippen molar-refractivity contribution >= 4 is 0 Å². The third-order valence-corrected chi connectivity index (χ3v) is 8.50. The van der Waals surface area contributed by atoms with Crippen LogP contribution in [0.25, 0.3) is 0 Å². The molecule has 2 atom stereocenters. The lowest BCUT2D eigenvalue weighted by Crippen LogP contribution is -2.46. The molecule has 1 aliphatic heterocycles. The van der Waals surface area contributed by atoms with Crippen molar-refractivity contribution in [1.29, 1.82) is 0 Å². The second-order valence-corrected chi connectivity index (χ2v) is 11.6. The molecular weight excluding hydrogens is 422 g/mol. The van der Waals surface area contributed by atoms with Crippen LogP contribution < -0.4 is 0 Å². The summed E-state index contributed by atoms with van der Waals surface area (Å²) in [4.78, 5) is 2.95. The summed E-state index contributed by atoms with van der Waals surface area (Å²) in [6.07, 6.45) is 33.1. The van der Waals surface area contributed by atoms with Crippen molar-refractivity contribution < 1.29 is 0 Å². The van der Waals surface area contributed by atoms with Crippen LogP contribution in [0.5, 0.6) is 0 Å². The molecule has 1 heterocycles. The van der Waals surface area contributed by atoms with Crippen LogP contribution in [0.1, 0.15) is 167 Å². The van der Waals surface area contributed by atoms with Crippen LogP contribution in [0, 0.1) is 0 Å². The highest BCUT2D eigenvalue weighted by Crippen LogP contribution is 2.31. The van der Waals surface area contributed by atoms with E-state index >= 15 is 0 Å². The lowest BCUT2D eigenvalue weighted by atomic mass is 9.88. The van der Waals surface area contributed by atoms with Gasteiger partial charge in [0.05, 0.1) is 0 Å². The second kappa shape index (κ2) is 21.3. The number of piperidine rings is 1. The quantitative estimate of drug-likeness (QED) is 0.148. The summed E-state index contributed by atoms with van der Waals surface area (Å²) in [5, 5.41) is 0. The molecule has 0 saturated carbocycles. The summed E-state index contributed by atoms with van der Waals surface area (Å²) >= 11 is 0. The minimum Gasteiger partial charge on any atom is -0.293 e. The van der Waals surface area contributed by atoms with Gasteiger partial charge in [0.25, 0.3) is 0 Å². The SMILES string of the molecule is CCCCCCCCCCC[C@@H]1CCC[C@@H](CCCCCCCCCCC)N1Cc1ccccc1. The molecule has 1 aromatic rings. The van der Waals surface area contributed by atoms with Crippen LogP contribution in [0.15, 0.2) is 30.3 Å². The maximum Gasteiger partial charge on any atom is 0.0239 e. The van der Waals surface area contributed by atoms with Gasteiger partial charge in [-0.25, -0.2) is 0 Å². The summed E-state index contributed by atoms with van der Waals surface area (Å²) in [7, 11) is 0. The average Bonchev–Trinajstić information content (AvgIpc) is 2.88. The van der Waals surface area contributed by atoms with E-state index in [1.54, 1.807) is 0 Å². The average molecular weight is 484 g/mol. The third-order valence-electron chi connectivity index (χ3n) is 8.50. The van der Waals surface area contributed by atoms with E-state index < -0.39 is 0 Å². The molecule has 1 aromatic carbocycles. The number of hydrogen-bond donors (Lipinski definition) is 0. The van der Waals surface area contributed by atoms with E-state index in [9.17, 15) is 0 Å². The van der Waals surface area contributed by atoms with Gasteiger partial charge in [-0.2, -0.15) is 0 Å². The third kappa shape index (κ3) is 14.5. The molecule has 0 unspecified atom stereocenters. The van der Waals surface area contributed by atoms with Crippen molar-refractivity contribution in [2.45, 2.75) is 180 Å². The molecule has 1 heteroatoms. The van der Waals surface area contributed by atoms with E-state index in [2.05, 4.69) is 49.1 Å². The Hall–Kier alpha value is -0.820. The van der Waals surface area contributed by atoms with E-state index in [0.717, 1.165) is 12.1 Å². The summed E-state index contributed by atoms with van der Waals surface area (Å²) in [6, 6.07) is 12.9. The molecule has 0 radical (unpaired) electrons. The first-order valence-electron chi connectivity index (χ1n) is 16.1. The second-order valence-electron chi connectivity index (χ2n) is 11.6. The Bertz CT molecular complexity index is 537. The Balaban J connectivity index is 1.71. The lowest BCUT2D eigenvalue weighted by Gasteiger charge is -2.43. The van der Waals surface area contributed by atoms with Gasteiger partial charge in [-0.3, -0.25) is 4.90 Å². The highest BCUT2D eigenvalue weighted by atomic mass is 15.2. The fourth-order valence-corrected chi connectivity index (χ4v) is 6.27. The molecule has 0 bridgehead atoms. The maximum absolute atomic E-state index is 2.95. The standard InChI is InChI=1S/C34H61N/c1-3-5-7-9-11-13-15-17-22-27-33-29-24-30-34(35(33)31-32-25-20-19-21-26-32)28-23-18-16-14-12-10-8-6-4-2/h19-21,25-26,33-34H,3-18,22-24,27-31H2,1-2H3/t33-,34-/m1/s1. The van der Waals surface area contributed by atoms with E-state index in [1.807, 2.05) is 0 Å². The molecule has 0 N–H and O–H groups in total. The number of unbranched alkanes of at least 4 members (excludes halogenated alkanes) is 16. The Labute approximate surface area is 220 Å². The Morgan fingerprint density at radius 3 is 1.37 bits per heavy atom. The lowest BCUT2D eigenvalue weighted by molar-refractivity contribution is 0.0611. The van der Waals surface area contributed by atoms with Crippen molar-refractivity contribution in [2.75, 3.05) is 0 Å². The van der Waals surface area contributed by atoms with Crippen LogP contribution in [-0.4, -0.2) is 17.0 Å². The first-order chi connectivity index (χ1) is 17.3. The maximum atomic E-state index is 2.95. The molecule has 1 aliphatic rings. The van der Waals surface area contributed by atoms with Crippen LogP contribution in [-0.2, 0) is 6.54 Å². The predicted octanol–water partition coefficient (Wildman–Crippen LogP) is 11.3. The molecule has 202 valence electrons. The topological polar surface area (TPSA) is 3.24 Å². The monoisotopic (exact) mass is 483 g/mol. The van der Waals surface area contributed by atoms with Gasteiger partial charge < -0.3 is 0 Å². The van der Waals surface area contributed by atoms with Crippen LogP contribution in [0.2, 0.25) is 0 Å². The van der Waals surface area contributed by atoms with E-state index in [0.29, 0.717) is 0 Å². The van der Waals surface area contributed by atoms with Gasteiger partial charge in [0.15, 0.2) is 0 Å². The largest absolute Gasteiger partial charge is 0.293 e. The number of rotatable bonds is 22. The molecule has 0 spiro atoms. The Morgan fingerprint density at radius 2 is 0.943 bits per heavy atom. The summed E-state index contributed by atoms with van der Waals surface area (Å²) in [5.74, 6) is 0. The predicted molar refractivity (Wildman–Crippen MR) is 157 cm³/mol. The molecule has 1 saturated heterocycles. The van der Waals surface area contributed by atoms with Crippen molar-refractivity contribution in [3.8, 4) is 0 Å². The minimum absolute atomic E-state index is 0.817. The smallest absolute Gasteiger partial charge is 0.0239 e. The van der Waals surface area contributed by atoms with Crippen LogP contribution in [0.4, 0.5) is 0 Å². The molecule has 35 heavy (non-hydrogen) atoms. The van der Waals surface area contributed by atoms with E-state index in [4.69, 9.17) is 0 Å². The van der Waals surface area contributed by atoms with Gasteiger partial charge >= 0.3 is 0 Å². The van der Waals surface area contributed by atoms with Gasteiger partial charge in [-0.15, -0.1) is 0 Å². The fraction of sp³-hybridized carbons (Fsp3) is 0.824. The number of hydrogen-bond acceptors (Lipinski definition) is 1.